The lowest BCUT2D eigenvalue weighted by molar-refractivity contribution is 0.228. The van der Waals surface area contributed by atoms with E-state index in [-0.39, 0.29) is 5.82 Å². The molecule has 0 amide bonds. The van der Waals surface area contributed by atoms with Crippen LogP contribution in [0.5, 0.6) is 0 Å². The van der Waals surface area contributed by atoms with E-state index < -0.39 is 6.10 Å². The molecule has 1 atom stereocenters. The third kappa shape index (κ3) is 3.20. The lowest BCUT2D eigenvalue weighted by Gasteiger charge is -2.32. The van der Waals surface area contributed by atoms with Crippen LogP contribution in [0.2, 0.25) is 0 Å². The van der Waals surface area contributed by atoms with Crippen LogP contribution in [0, 0.1) is 24.6 Å². The van der Waals surface area contributed by atoms with E-state index in [1.807, 2.05) is 38.1 Å². The number of benzene rings is 2. The van der Waals surface area contributed by atoms with Crippen LogP contribution in [0.4, 0.5) is 15.9 Å². The molecule has 0 radical (unpaired) electrons. The molecule has 0 saturated carbocycles. The predicted octanol–water partition coefficient (Wildman–Crippen LogP) is 3.93. The maximum Gasteiger partial charge on any atom is 0.257 e. The summed E-state index contributed by atoms with van der Waals surface area (Å²) in [5.41, 5.74) is 3.63. The second-order valence-corrected chi connectivity index (χ2v) is 7.70. The summed E-state index contributed by atoms with van der Waals surface area (Å²) < 4.78 is 16.9. The fraction of sp³-hybridized carbons (Fsp3) is 0.292. The van der Waals surface area contributed by atoms with E-state index in [0.717, 1.165) is 29.7 Å². The van der Waals surface area contributed by atoms with Gasteiger partial charge in [0.1, 0.15) is 23.6 Å². The highest BCUT2D eigenvalue weighted by Crippen LogP contribution is 2.38. The first-order chi connectivity index (χ1) is 15.1. The van der Waals surface area contributed by atoms with Gasteiger partial charge in [0.25, 0.3) is 5.78 Å². The summed E-state index contributed by atoms with van der Waals surface area (Å²) in [5.74, 6) is 7.35. The average Bonchev–Trinajstić information content (AvgIpc) is 3.17. The molecule has 6 nitrogen and oxygen atoms in total. The van der Waals surface area contributed by atoms with Crippen molar-refractivity contribution in [3.8, 4) is 11.8 Å². The molecule has 0 spiro atoms. The first kappa shape index (κ1) is 19.5. The topological polar surface area (TPSA) is 66.5 Å². The number of fused-ring (bicyclic) bond motifs is 4. The number of rotatable bonds is 2. The van der Waals surface area contributed by atoms with Gasteiger partial charge in [-0.15, -0.1) is 10.2 Å². The van der Waals surface area contributed by atoms with Crippen LogP contribution in [-0.4, -0.2) is 37.3 Å². The summed E-state index contributed by atoms with van der Waals surface area (Å²) in [6.45, 7) is 4.44. The molecule has 0 fully saturated rings. The van der Waals surface area contributed by atoms with Crippen molar-refractivity contribution >= 4 is 28.2 Å². The Morgan fingerprint density at radius 1 is 1.19 bits per heavy atom. The summed E-state index contributed by atoms with van der Waals surface area (Å²) in [6, 6.07) is 10.9. The van der Waals surface area contributed by atoms with Gasteiger partial charge in [-0.2, -0.15) is 4.98 Å². The molecule has 4 aromatic rings. The van der Waals surface area contributed by atoms with Crippen LogP contribution in [0.25, 0.3) is 16.7 Å². The molecule has 156 valence electrons. The number of nitrogens with zero attached hydrogens (tertiary/aromatic N) is 5. The number of hydrogen-bond acceptors (Lipinski definition) is 5. The van der Waals surface area contributed by atoms with Crippen molar-refractivity contribution in [3.63, 3.8) is 0 Å². The second-order valence-electron chi connectivity index (χ2n) is 7.70. The Hall–Kier alpha value is -3.50. The fourth-order valence-electron chi connectivity index (χ4n) is 4.20. The Morgan fingerprint density at radius 2 is 2.03 bits per heavy atom. The van der Waals surface area contributed by atoms with Gasteiger partial charge in [0.2, 0.25) is 0 Å². The van der Waals surface area contributed by atoms with Crippen LogP contribution in [0.1, 0.15) is 36.7 Å². The van der Waals surface area contributed by atoms with Gasteiger partial charge in [-0.1, -0.05) is 30.9 Å². The van der Waals surface area contributed by atoms with Crippen LogP contribution < -0.4 is 4.90 Å². The average molecular weight is 415 g/mol. The van der Waals surface area contributed by atoms with Crippen molar-refractivity contribution in [2.45, 2.75) is 39.2 Å². The van der Waals surface area contributed by atoms with Crippen molar-refractivity contribution < 1.29 is 9.50 Å². The number of anilines is 2. The fourth-order valence-corrected chi connectivity index (χ4v) is 4.20. The van der Waals surface area contributed by atoms with E-state index in [4.69, 9.17) is 4.98 Å². The molecule has 0 saturated heterocycles. The molecule has 7 heteroatoms. The molecule has 3 heterocycles. The van der Waals surface area contributed by atoms with E-state index in [1.165, 1.54) is 6.07 Å². The van der Waals surface area contributed by atoms with E-state index in [0.29, 0.717) is 41.3 Å². The van der Waals surface area contributed by atoms with Gasteiger partial charge in [-0.3, -0.25) is 4.40 Å². The third-order valence-corrected chi connectivity index (χ3v) is 5.74. The van der Waals surface area contributed by atoms with Crippen LogP contribution in [0.15, 0.2) is 36.4 Å². The molecule has 2 aromatic carbocycles. The third-order valence-electron chi connectivity index (χ3n) is 5.74. The van der Waals surface area contributed by atoms with Crippen molar-refractivity contribution in [2.75, 3.05) is 11.4 Å². The Labute approximate surface area is 179 Å². The Kier molecular flexibility index (Phi) is 4.79. The summed E-state index contributed by atoms with van der Waals surface area (Å²) in [6.07, 6.45) is 1.69. The molecule has 5 rings (SSSR count). The lowest BCUT2D eigenvalue weighted by Crippen LogP contribution is -2.26. The van der Waals surface area contributed by atoms with Crippen LogP contribution in [-0.2, 0) is 6.42 Å². The van der Waals surface area contributed by atoms with E-state index in [9.17, 15) is 5.11 Å². The van der Waals surface area contributed by atoms with Crippen molar-refractivity contribution in [1.29, 1.82) is 0 Å². The van der Waals surface area contributed by atoms with Gasteiger partial charge >= 0.3 is 0 Å². The zero-order valence-electron chi connectivity index (χ0n) is 17.4. The molecule has 1 aliphatic heterocycles. The number of hydrogen-bond donors (Lipinski definition) is 1. The zero-order chi connectivity index (χ0) is 21.5. The summed E-state index contributed by atoms with van der Waals surface area (Å²) >= 11 is 0. The minimum absolute atomic E-state index is 0.330. The predicted molar refractivity (Wildman–Crippen MR) is 118 cm³/mol. The quantitative estimate of drug-likeness (QED) is 0.503. The molecule has 2 aromatic heterocycles. The van der Waals surface area contributed by atoms with Crippen molar-refractivity contribution in [1.82, 2.24) is 19.6 Å². The van der Waals surface area contributed by atoms with E-state index >= 15 is 4.39 Å². The smallest absolute Gasteiger partial charge is 0.257 e. The van der Waals surface area contributed by atoms with Gasteiger partial charge in [-0.25, -0.2) is 4.39 Å². The molecule has 0 bridgehead atoms. The standard InChI is InChI=1S/C24H22FN5O/c1-3-17(31)13-12-16-7-4-10-20-18(16)8-6-14-29(20)23-22-19(25)9-5-11-21(22)30-15(2)27-28-24(30)26-23/h4-5,7,9-11,17,31H,3,6,8,14H2,1-2H3. The minimum atomic E-state index is -0.645. The molecule has 31 heavy (non-hydrogen) atoms. The van der Waals surface area contributed by atoms with Gasteiger partial charge in [-0.05, 0) is 56.0 Å². The van der Waals surface area contributed by atoms with Gasteiger partial charge in [0, 0.05) is 17.8 Å². The van der Waals surface area contributed by atoms with Crippen molar-refractivity contribution in [2.24, 2.45) is 0 Å². The normalized spacial score (nSPS) is 14.4. The maximum atomic E-state index is 15.1. The summed E-state index contributed by atoms with van der Waals surface area (Å²) in [5, 5.41) is 18.6. The number of aliphatic hydroxyl groups is 1. The molecular weight excluding hydrogens is 393 g/mol. The molecule has 1 unspecified atom stereocenters. The summed E-state index contributed by atoms with van der Waals surface area (Å²) in [7, 11) is 0. The van der Waals surface area contributed by atoms with Gasteiger partial charge < -0.3 is 10.0 Å². The number of aryl methyl sites for hydroxylation is 1. The highest BCUT2D eigenvalue weighted by molar-refractivity contribution is 5.94. The molecule has 0 aliphatic carbocycles. The van der Waals surface area contributed by atoms with E-state index in [2.05, 4.69) is 26.9 Å². The van der Waals surface area contributed by atoms with Gasteiger partial charge in [0.05, 0.1) is 10.9 Å². The highest BCUT2D eigenvalue weighted by atomic mass is 19.1. The second kappa shape index (κ2) is 7.64. The highest BCUT2D eigenvalue weighted by Gasteiger charge is 2.25. The van der Waals surface area contributed by atoms with E-state index in [1.54, 1.807) is 10.5 Å². The maximum absolute atomic E-state index is 15.1. The number of halogens is 1. The van der Waals surface area contributed by atoms with Crippen molar-refractivity contribution in [3.05, 3.63) is 59.2 Å². The molecule has 1 aliphatic rings. The molecule has 1 N–H and O–H groups in total. The van der Waals surface area contributed by atoms with Crippen LogP contribution in [0.3, 0.4) is 0 Å². The zero-order valence-corrected chi connectivity index (χ0v) is 17.4. The largest absolute Gasteiger partial charge is 0.380 e. The monoisotopic (exact) mass is 415 g/mol. The number of aliphatic hydroxyl groups excluding tert-OH is 1. The first-order valence-corrected chi connectivity index (χ1v) is 10.5. The summed E-state index contributed by atoms with van der Waals surface area (Å²) in [4.78, 5) is 6.78. The van der Waals surface area contributed by atoms with Crippen LogP contribution >= 0.6 is 0 Å². The SMILES string of the molecule is CCC(O)C#Cc1cccc2c1CCCN2c1nc2nnc(C)n2c2cccc(F)c12. The first-order valence-electron chi connectivity index (χ1n) is 10.5. The minimum Gasteiger partial charge on any atom is -0.380 e. The Morgan fingerprint density at radius 3 is 2.87 bits per heavy atom. The molecular formula is C24H22FN5O. The number of aromatic nitrogens is 4. The lowest BCUT2D eigenvalue weighted by atomic mass is 9.96. The van der Waals surface area contributed by atoms with Gasteiger partial charge in [0.15, 0.2) is 0 Å². The Bertz CT molecular complexity index is 1370. The Balaban J connectivity index is 1.73.